The number of para-hydroxylation sites is 1. The van der Waals surface area contributed by atoms with E-state index in [0.29, 0.717) is 11.4 Å². The first-order valence-electron chi connectivity index (χ1n) is 8.70. The standard InChI is InChI=1S/C21H19FN2O4S/c1-15-6-10-17(11-7-15)28-14-21(25)23-16-8-12-18(13-9-16)29(26,27)24-20-5-3-2-4-19(20)22/h2-13,24H,14H2,1H3,(H,23,25). The largest absolute Gasteiger partial charge is 0.484 e. The number of carbonyl (C=O) groups is 1. The van der Waals surface area contributed by atoms with Crippen LogP contribution in [0.25, 0.3) is 0 Å². The summed E-state index contributed by atoms with van der Waals surface area (Å²) in [6, 6.07) is 18.3. The Labute approximate surface area is 168 Å². The molecule has 8 heteroatoms. The van der Waals surface area contributed by atoms with Crippen LogP contribution in [0.3, 0.4) is 0 Å². The number of rotatable bonds is 7. The minimum atomic E-state index is -3.96. The first-order valence-corrected chi connectivity index (χ1v) is 10.2. The van der Waals surface area contributed by atoms with E-state index in [1.54, 1.807) is 12.1 Å². The summed E-state index contributed by atoms with van der Waals surface area (Å²) in [6.07, 6.45) is 0. The molecule has 3 rings (SSSR count). The van der Waals surface area contributed by atoms with Crippen molar-refractivity contribution >= 4 is 27.3 Å². The van der Waals surface area contributed by atoms with Gasteiger partial charge in [0.2, 0.25) is 0 Å². The molecule has 0 aliphatic rings. The normalized spacial score (nSPS) is 11.0. The second kappa shape index (κ2) is 8.74. The first-order chi connectivity index (χ1) is 13.8. The molecule has 29 heavy (non-hydrogen) atoms. The van der Waals surface area contributed by atoms with Crippen LogP contribution in [0.2, 0.25) is 0 Å². The predicted molar refractivity (Wildman–Crippen MR) is 109 cm³/mol. The van der Waals surface area contributed by atoms with E-state index in [9.17, 15) is 17.6 Å². The quantitative estimate of drug-likeness (QED) is 0.613. The predicted octanol–water partition coefficient (Wildman–Crippen LogP) is 3.95. The minimum Gasteiger partial charge on any atom is -0.484 e. The van der Waals surface area contributed by atoms with Crippen LogP contribution < -0.4 is 14.8 Å². The van der Waals surface area contributed by atoms with Crippen molar-refractivity contribution in [3.8, 4) is 5.75 Å². The summed E-state index contributed by atoms with van der Waals surface area (Å²) in [6.45, 7) is 1.77. The molecular formula is C21H19FN2O4S. The van der Waals surface area contributed by atoms with Crippen molar-refractivity contribution < 1.29 is 22.3 Å². The average Bonchev–Trinajstić information content (AvgIpc) is 2.70. The van der Waals surface area contributed by atoms with Crippen molar-refractivity contribution in [2.45, 2.75) is 11.8 Å². The van der Waals surface area contributed by atoms with E-state index in [1.165, 1.54) is 42.5 Å². The maximum Gasteiger partial charge on any atom is 0.262 e. The molecule has 1 amide bonds. The molecule has 0 radical (unpaired) electrons. The molecule has 0 heterocycles. The van der Waals surface area contributed by atoms with Gasteiger partial charge in [-0.05, 0) is 55.5 Å². The van der Waals surface area contributed by atoms with E-state index in [1.807, 2.05) is 19.1 Å². The van der Waals surface area contributed by atoms with Gasteiger partial charge in [-0.25, -0.2) is 12.8 Å². The van der Waals surface area contributed by atoms with Crippen LogP contribution in [0.1, 0.15) is 5.56 Å². The van der Waals surface area contributed by atoms with E-state index < -0.39 is 15.8 Å². The van der Waals surface area contributed by atoms with Gasteiger partial charge in [0.05, 0.1) is 10.6 Å². The monoisotopic (exact) mass is 414 g/mol. The highest BCUT2D eigenvalue weighted by atomic mass is 32.2. The number of sulfonamides is 1. The van der Waals surface area contributed by atoms with Gasteiger partial charge in [0, 0.05) is 5.69 Å². The number of nitrogens with one attached hydrogen (secondary N) is 2. The Morgan fingerprint density at radius 3 is 2.28 bits per heavy atom. The summed E-state index contributed by atoms with van der Waals surface area (Å²) in [4.78, 5) is 11.9. The summed E-state index contributed by atoms with van der Waals surface area (Å²) in [7, 11) is -3.96. The van der Waals surface area contributed by atoms with E-state index in [4.69, 9.17) is 4.74 Å². The van der Waals surface area contributed by atoms with Gasteiger partial charge in [0.1, 0.15) is 11.6 Å². The van der Waals surface area contributed by atoms with Gasteiger partial charge in [-0.3, -0.25) is 9.52 Å². The number of anilines is 2. The number of benzene rings is 3. The van der Waals surface area contributed by atoms with Crippen LogP contribution in [-0.2, 0) is 14.8 Å². The van der Waals surface area contributed by atoms with Crippen LogP contribution in [-0.4, -0.2) is 20.9 Å². The van der Waals surface area contributed by atoms with Gasteiger partial charge in [-0.15, -0.1) is 0 Å². The zero-order valence-corrected chi connectivity index (χ0v) is 16.4. The van der Waals surface area contributed by atoms with Crippen molar-refractivity contribution in [3.05, 3.63) is 84.2 Å². The molecule has 0 saturated heterocycles. The molecule has 0 bridgehead atoms. The van der Waals surface area contributed by atoms with Gasteiger partial charge in [-0.1, -0.05) is 29.8 Å². The van der Waals surface area contributed by atoms with Crippen LogP contribution in [0.5, 0.6) is 5.75 Å². The van der Waals surface area contributed by atoms with Crippen molar-refractivity contribution in [1.82, 2.24) is 0 Å². The minimum absolute atomic E-state index is 0.0605. The third-order valence-corrected chi connectivity index (χ3v) is 5.34. The molecule has 0 unspecified atom stereocenters. The summed E-state index contributed by atoms with van der Waals surface area (Å²) < 4.78 is 46.0. The molecule has 3 aromatic rings. The van der Waals surface area contributed by atoms with Crippen molar-refractivity contribution in [2.75, 3.05) is 16.6 Å². The molecule has 0 aliphatic heterocycles. The maximum absolute atomic E-state index is 13.7. The lowest BCUT2D eigenvalue weighted by Crippen LogP contribution is -2.20. The molecule has 0 aliphatic carbocycles. The molecular weight excluding hydrogens is 395 g/mol. The van der Waals surface area contributed by atoms with Gasteiger partial charge < -0.3 is 10.1 Å². The van der Waals surface area contributed by atoms with Crippen LogP contribution >= 0.6 is 0 Å². The van der Waals surface area contributed by atoms with Crippen LogP contribution in [0, 0.1) is 12.7 Å². The second-order valence-corrected chi connectivity index (χ2v) is 7.94. The number of halogens is 1. The maximum atomic E-state index is 13.7. The highest BCUT2D eigenvalue weighted by Crippen LogP contribution is 2.20. The smallest absolute Gasteiger partial charge is 0.262 e. The van der Waals surface area contributed by atoms with Gasteiger partial charge >= 0.3 is 0 Å². The number of carbonyl (C=O) groups excluding carboxylic acids is 1. The molecule has 0 saturated carbocycles. The lowest BCUT2D eigenvalue weighted by Gasteiger charge is -2.10. The lowest BCUT2D eigenvalue weighted by molar-refractivity contribution is -0.118. The Balaban J connectivity index is 1.59. The number of ether oxygens (including phenoxy) is 1. The fourth-order valence-electron chi connectivity index (χ4n) is 2.45. The third kappa shape index (κ3) is 5.55. The third-order valence-electron chi connectivity index (χ3n) is 3.96. The fraction of sp³-hybridized carbons (Fsp3) is 0.0952. The molecule has 150 valence electrons. The summed E-state index contributed by atoms with van der Waals surface area (Å²) in [5.74, 6) is -0.481. The van der Waals surface area contributed by atoms with Crippen LogP contribution in [0.15, 0.2) is 77.7 Å². The van der Waals surface area contributed by atoms with Gasteiger partial charge in [-0.2, -0.15) is 0 Å². The SMILES string of the molecule is Cc1ccc(OCC(=O)Nc2ccc(S(=O)(=O)Nc3ccccc3F)cc2)cc1. The Hall–Kier alpha value is -3.39. The number of amides is 1. The highest BCUT2D eigenvalue weighted by molar-refractivity contribution is 7.92. The highest BCUT2D eigenvalue weighted by Gasteiger charge is 2.16. The molecule has 0 aromatic heterocycles. The molecule has 3 aromatic carbocycles. The van der Waals surface area contributed by atoms with E-state index in [-0.39, 0.29) is 23.1 Å². The number of hydrogen-bond acceptors (Lipinski definition) is 4. The molecule has 0 atom stereocenters. The first kappa shape index (κ1) is 20.3. The van der Waals surface area contributed by atoms with Crippen molar-refractivity contribution in [1.29, 1.82) is 0 Å². The van der Waals surface area contributed by atoms with Crippen molar-refractivity contribution in [2.24, 2.45) is 0 Å². The Morgan fingerprint density at radius 2 is 1.62 bits per heavy atom. The second-order valence-electron chi connectivity index (χ2n) is 6.26. The number of aryl methyl sites for hydroxylation is 1. The van der Waals surface area contributed by atoms with Crippen molar-refractivity contribution in [3.63, 3.8) is 0 Å². The Morgan fingerprint density at radius 1 is 0.966 bits per heavy atom. The molecule has 2 N–H and O–H groups in total. The summed E-state index contributed by atoms with van der Waals surface area (Å²) >= 11 is 0. The molecule has 6 nitrogen and oxygen atoms in total. The molecule has 0 fully saturated rings. The summed E-state index contributed by atoms with van der Waals surface area (Å²) in [5, 5.41) is 2.62. The van der Waals surface area contributed by atoms with Crippen LogP contribution in [0.4, 0.5) is 15.8 Å². The van der Waals surface area contributed by atoms with E-state index in [0.717, 1.165) is 11.6 Å². The zero-order valence-electron chi connectivity index (χ0n) is 15.6. The van der Waals surface area contributed by atoms with Gasteiger partial charge in [0.25, 0.3) is 15.9 Å². The zero-order chi connectivity index (χ0) is 20.9. The Bertz CT molecular complexity index is 1100. The number of hydrogen-bond donors (Lipinski definition) is 2. The lowest BCUT2D eigenvalue weighted by atomic mass is 10.2. The van der Waals surface area contributed by atoms with E-state index in [2.05, 4.69) is 10.0 Å². The molecule has 0 spiro atoms. The van der Waals surface area contributed by atoms with Gasteiger partial charge in [0.15, 0.2) is 6.61 Å². The Kier molecular flexibility index (Phi) is 6.13. The summed E-state index contributed by atoms with van der Waals surface area (Å²) in [5.41, 5.74) is 1.35. The topological polar surface area (TPSA) is 84.5 Å². The van der Waals surface area contributed by atoms with E-state index >= 15 is 0 Å². The fourth-order valence-corrected chi connectivity index (χ4v) is 3.51. The average molecular weight is 414 g/mol.